The van der Waals surface area contributed by atoms with Crippen LogP contribution in [0.25, 0.3) is 0 Å². The van der Waals surface area contributed by atoms with Crippen LogP contribution in [0.2, 0.25) is 0 Å². The van der Waals surface area contributed by atoms with Gasteiger partial charge in [0, 0.05) is 13.2 Å². The molecule has 84 valence electrons. The molecule has 0 bridgehead atoms. The van der Waals surface area contributed by atoms with Crippen molar-refractivity contribution in [2.24, 2.45) is 0 Å². The van der Waals surface area contributed by atoms with Gasteiger partial charge in [0.2, 0.25) is 0 Å². The molecule has 1 rings (SSSR count). The highest BCUT2D eigenvalue weighted by atomic mass is 19.1. The number of ether oxygens (including phenoxy) is 1. The van der Waals surface area contributed by atoms with Crippen LogP contribution in [0.1, 0.15) is 18.9 Å². The molecular formula is C12H17FO2. The first-order valence-electron chi connectivity index (χ1n) is 5.22. The van der Waals surface area contributed by atoms with Crippen LogP contribution >= 0.6 is 0 Å². The first-order valence-corrected chi connectivity index (χ1v) is 5.22. The molecule has 2 nitrogen and oxygen atoms in total. The minimum Gasteiger partial charge on any atom is -0.393 e. The van der Waals surface area contributed by atoms with E-state index in [0.29, 0.717) is 26.1 Å². The van der Waals surface area contributed by atoms with Crippen LogP contribution in [0.15, 0.2) is 24.3 Å². The van der Waals surface area contributed by atoms with Crippen LogP contribution in [-0.4, -0.2) is 24.4 Å². The summed E-state index contributed by atoms with van der Waals surface area (Å²) in [5, 5.41) is 9.62. The van der Waals surface area contributed by atoms with E-state index in [0.717, 1.165) is 5.56 Å². The van der Waals surface area contributed by atoms with Crippen molar-refractivity contribution >= 4 is 0 Å². The Hall–Kier alpha value is -0.930. The summed E-state index contributed by atoms with van der Waals surface area (Å²) in [4.78, 5) is 0. The molecule has 0 radical (unpaired) electrons. The highest BCUT2D eigenvalue weighted by Crippen LogP contribution is 2.08. The van der Waals surface area contributed by atoms with Crippen LogP contribution in [0.4, 0.5) is 4.39 Å². The molecule has 15 heavy (non-hydrogen) atoms. The van der Waals surface area contributed by atoms with Crippen molar-refractivity contribution in [3.8, 4) is 0 Å². The van der Waals surface area contributed by atoms with E-state index in [-0.39, 0.29) is 5.82 Å². The molecule has 0 heterocycles. The van der Waals surface area contributed by atoms with Crippen LogP contribution in [0.5, 0.6) is 0 Å². The predicted octanol–water partition coefficient (Wildman–Crippen LogP) is 2.16. The van der Waals surface area contributed by atoms with Crippen LogP contribution in [0, 0.1) is 5.82 Å². The second-order valence-corrected chi connectivity index (χ2v) is 3.47. The van der Waals surface area contributed by atoms with E-state index >= 15 is 0 Å². The summed E-state index contributed by atoms with van der Waals surface area (Å²) in [6.07, 6.45) is 0.605. The summed E-state index contributed by atoms with van der Waals surface area (Å²) in [6, 6.07) is 6.31. The van der Waals surface area contributed by atoms with E-state index in [9.17, 15) is 9.50 Å². The Balaban J connectivity index is 2.34. The number of hydrogen-bond donors (Lipinski definition) is 1. The van der Waals surface area contributed by atoms with Gasteiger partial charge in [0.1, 0.15) is 5.82 Å². The van der Waals surface area contributed by atoms with E-state index in [1.54, 1.807) is 6.07 Å². The zero-order valence-electron chi connectivity index (χ0n) is 8.95. The molecule has 0 saturated heterocycles. The van der Waals surface area contributed by atoms with Crippen molar-refractivity contribution in [3.05, 3.63) is 35.6 Å². The molecule has 0 aliphatic rings. The average Bonchev–Trinajstić information content (AvgIpc) is 2.18. The SMILES string of the molecule is CCOCCC(O)Cc1cccc(F)c1. The Labute approximate surface area is 89.7 Å². The minimum absolute atomic E-state index is 0.260. The lowest BCUT2D eigenvalue weighted by molar-refractivity contribution is 0.0887. The van der Waals surface area contributed by atoms with E-state index in [1.807, 2.05) is 13.0 Å². The molecule has 1 N–H and O–H groups in total. The highest BCUT2D eigenvalue weighted by Gasteiger charge is 2.05. The van der Waals surface area contributed by atoms with Gasteiger partial charge in [-0.2, -0.15) is 0 Å². The molecule has 0 amide bonds. The van der Waals surface area contributed by atoms with Gasteiger partial charge in [0.25, 0.3) is 0 Å². The summed E-state index contributed by atoms with van der Waals surface area (Å²) in [7, 11) is 0. The third-order valence-corrected chi connectivity index (χ3v) is 2.16. The first kappa shape index (κ1) is 12.1. The standard InChI is InChI=1S/C12H17FO2/c1-2-15-7-6-12(14)9-10-4-3-5-11(13)8-10/h3-5,8,12,14H,2,6-7,9H2,1H3. The quantitative estimate of drug-likeness (QED) is 0.732. The van der Waals surface area contributed by atoms with Crippen LogP contribution in [-0.2, 0) is 11.2 Å². The average molecular weight is 212 g/mol. The van der Waals surface area contributed by atoms with Crippen LogP contribution in [0.3, 0.4) is 0 Å². The van der Waals surface area contributed by atoms with Gasteiger partial charge in [-0.3, -0.25) is 0 Å². The molecule has 0 aliphatic carbocycles. The molecule has 1 aromatic rings. The zero-order chi connectivity index (χ0) is 11.1. The lowest BCUT2D eigenvalue weighted by Gasteiger charge is -2.10. The number of benzene rings is 1. The van der Waals surface area contributed by atoms with Gasteiger partial charge in [-0.05, 0) is 37.5 Å². The maximum absolute atomic E-state index is 12.8. The number of hydrogen-bond acceptors (Lipinski definition) is 2. The Morgan fingerprint density at radius 2 is 2.27 bits per heavy atom. The fraction of sp³-hybridized carbons (Fsp3) is 0.500. The topological polar surface area (TPSA) is 29.5 Å². The fourth-order valence-corrected chi connectivity index (χ4v) is 1.40. The molecule has 0 aromatic heterocycles. The second-order valence-electron chi connectivity index (χ2n) is 3.47. The monoisotopic (exact) mass is 212 g/mol. The van der Waals surface area contributed by atoms with Crippen molar-refractivity contribution in [2.45, 2.75) is 25.9 Å². The fourth-order valence-electron chi connectivity index (χ4n) is 1.40. The lowest BCUT2D eigenvalue weighted by Crippen LogP contribution is -2.13. The smallest absolute Gasteiger partial charge is 0.123 e. The molecule has 3 heteroatoms. The molecule has 0 spiro atoms. The van der Waals surface area contributed by atoms with Crippen LogP contribution < -0.4 is 0 Å². The van der Waals surface area contributed by atoms with E-state index in [1.165, 1.54) is 12.1 Å². The molecule has 0 aliphatic heterocycles. The summed E-state index contributed by atoms with van der Waals surface area (Å²) >= 11 is 0. The zero-order valence-corrected chi connectivity index (χ0v) is 8.95. The summed E-state index contributed by atoms with van der Waals surface area (Å²) in [6.45, 7) is 3.12. The van der Waals surface area contributed by atoms with Crippen molar-refractivity contribution in [1.82, 2.24) is 0 Å². The van der Waals surface area contributed by atoms with Crippen molar-refractivity contribution in [1.29, 1.82) is 0 Å². The number of halogens is 1. The van der Waals surface area contributed by atoms with Gasteiger partial charge < -0.3 is 9.84 Å². The molecule has 1 unspecified atom stereocenters. The maximum atomic E-state index is 12.8. The maximum Gasteiger partial charge on any atom is 0.123 e. The Morgan fingerprint density at radius 3 is 2.93 bits per heavy atom. The third-order valence-electron chi connectivity index (χ3n) is 2.16. The van der Waals surface area contributed by atoms with Crippen molar-refractivity contribution in [3.63, 3.8) is 0 Å². The van der Waals surface area contributed by atoms with E-state index < -0.39 is 6.10 Å². The van der Waals surface area contributed by atoms with Crippen molar-refractivity contribution < 1.29 is 14.2 Å². The molecule has 1 aromatic carbocycles. The summed E-state index contributed by atoms with van der Waals surface area (Å²) in [5.74, 6) is -0.260. The van der Waals surface area contributed by atoms with E-state index in [2.05, 4.69) is 0 Å². The molecular weight excluding hydrogens is 195 g/mol. The number of rotatable bonds is 6. The lowest BCUT2D eigenvalue weighted by atomic mass is 10.1. The van der Waals surface area contributed by atoms with Gasteiger partial charge in [-0.15, -0.1) is 0 Å². The van der Waals surface area contributed by atoms with Gasteiger partial charge in [0.15, 0.2) is 0 Å². The Bertz CT molecular complexity index is 289. The molecule has 1 atom stereocenters. The van der Waals surface area contributed by atoms with E-state index in [4.69, 9.17) is 4.74 Å². The number of aliphatic hydroxyl groups excluding tert-OH is 1. The second kappa shape index (κ2) is 6.53. The summed E-state index contributed by atoms with van der Waals surface area (Å²) < 4.78 is 17.9. The largest absolute Gasteiger partial charge is 0.393 e. The van der Waals surface area contributed by atoms with Crippen molar-refractivity contribution in [2.75, 3.05) is 13.2 Å². The van der Waals surface area contributed by atoms with Gasteiger partial charge in [-0.1, -0.05) is 12.1 Å². The Kier molecular flexibility index (Phi) is 5.29. The first-order chi connectivity index (χ1) is 7.22. The van der Waals surface area contributed by atoms with Gasteiger partial charge >= 0.3 is 0 Å². The molecule has 0 fully saturated rings. The summed E-state index contributed by atoms with van der Waals surface area (Å²) in [5.41, 5.74) is 0.819. The van der Waals surface area contributed by atoms with Gasteiger partial charge in [0.05, 0.1) is 6.10 Å². The number of aliphatic hydroxyl groups is 1. The molecule has 0 saturated carbocycles. The Morgan fingerprint density at radius 1 is 1.47 bits per heavy atom. The highest BCUT2D eigenvalue weighted by molar-refractivity contribution is 5.16. The predicted molar refractivity (Wildman–Crippen MR) is 57.2 cm³/mol. The van der Waals surface area contributed by atoms with Gasteiger partial charge in [-0.25, -0.2) is 4.39 Å². The third kappa shape index (κ3) is 4.91. The normalized spacial score (nSPS) is 12.7. The minimum atomic E-state index is -0.460.